The van der Waals surface area contributed by atoms with Crippen molar-refractivity contribution in [2.75, 3.05) is 27.0 Å². The summed E-state index contributed by atoms with van der Waals surface area (Å²) in [6.07, 6.45) is 0. The second-order valence-electron chi connectivity index (χ2n) is 7.49. The molecule has 34 heavy (non-hydrogen) atoms. The van der Waals surface area contributed by atoms with Crippen LogP contribution in [-0.4, -0.2) is 48.0 Å². The molecule has 0 aliphatic heterocycles. The molecule has 0 saturated carbocycles. The Labute approximate surface area is 202 Å². The highest BCUT2D eigenvalue weighted by atomic mass is 32.2. The average molecular weight is 476 g/mol. The number of amides is 1. The van der Waals surface area contributed by atoms with Crippen molar-refractivity contribution < 1.29 is 18.7 Å². The Kier molecular flexibility index (Phi) is 7.49. The summed E-state index contributed by atoms with van der Waals surface area (Å²) in [4.78, 5) is 14.9. The van der Waals surface area contributed by atoms with Crippen LogP contribution < -0.4 is 9.47 Å². The Balaban J connectivity index is 1.48. The molecule has 8 heteroatoms. The minimum absolute atomic E-state index is 0.0505. The van der Waals surface area contributed by atoms with E-state index in [4.69, 9.17) is 13.9 Å². The number of carbonyl (C=O) groups excluding carboxylic acids is 1. The minimum atomic E-state index is -0.196. The van der Waals surface area contributed by atoms with E-state index in [1.165, 1.54) is 11.8 Å². The first-order chi connectivity index (χ1) is 16.6. The largest absolute Gasteiger partial charge is 0.497 e. The Hall–Kier alpha value is -3.78. The van der Waals surface area contributed by atoms with Crippen molar-refractivity contribution >= 4 is 17.7 Å². The lowest BCUT2D eigenvalue weighted by molar-refractivity contribution is -0.128. The van der Waals surface area contributed by atoms with Crippen LogP contribution in [0.3, 0.4) is 0 Å². The van der Waals surface area contributed by atoms with Gasteiger partial charge in [-0.1, -0.05) is 72.4 Å². The van der Waals surface area contributed by atoms with Crippen molar-refractivity contribution in [1.82, 2.24) is 15.1 Å². The van der Waals surface area contributed by atoms with Crippen molar-refractivity contribution in [3.8, 4) is 23.0 Å². The number of hydrogen-bond acceptors (Lipinski definition) is 7. The van der Waals surface area contributed by atoms with Gasteiger partial charge in [0, 0.05) is 18.7 Å². The van der Waals surface area contributed by atoms with Crippen LogP contribution in [0.4, 0.5) is 0 Å². The van der Waals surface area contributed by atoms with Crippen LogP contribution in [-0.2, 0) is 4.79 Å². The lowest BCUT2D eigenvalue weighted by Crippen LogP contribution is -2.33. The number of hydrogen-bond donors (Lipinski definition) is 0. The molecule has 0 radical (unpaired) electrons. The summed E-state index contributed by atoms with van der Waals surface area (Å²) in [5.74, 6) is 1.67. The van der Waals surface area contributed by atoms with Gasteiger partial charge in [-0.3, -0.25) is 4.79 Å². The molecule has 0 aliphatic rings. The molecular formula is C26H25N3O4S. The highest BCUT2D eigenvalue weighted by Gasteiger charge is 2.24. The number of carbonyl (C=O) groups is 1. The molecule has 0 aliphatic carbocycles. The number of aromatic nitrogens is 2. The first-order valence-corrected chi connectivity index (χ1v) is 11.6. The van der Waals surface area contributed by atoms with E-state index in [-0.39, 0.29) is 17.7 Å². The van der Waals surface area contributed by atoms with Gasteiger partial charge in [0.15, 0.2) is 0 Å². The second kappa shape index (κ2) is 10.9. The molecule has 4 aromatic rings. The molecule has 0 spiro atoms. The summed E-state index contributed by atoms with van der Waals surface area (Å²) in [7, 11) is 4.97. The summed E-state index contributed by atoms with van der Waals surface area (Å²) in [6.45, 7) is 0. The molecule has 1 aromatic heterocycles. The van der Waals surface area contributed by atoms with Gasteiger partial charge in [0.2, 0.25) is 11.8 Å². The Morgan fingerprint density at radius 2 is 1.47 bits per heavy atom. The van der Waals surface area contributed by atoms with E-state index >= 15 is 0 Å². The minimum Gasteiger partial charge on any atom is -0.497 e. The maximum Gasteiger partial charge on any atom is 0.277 e. The van der Waals surface area contributed by atoms with Crippen LogP contribution >= 0.6 is 11.8 Å². The number of ether oxygens (including phenoxy) is 2. The standard InChI is InChI=1S/C26H25N3O4S/c1-29(24(18-10-6-4-7-11-18)19-12-8-5-9-13-19)23(30)17-34-26-28-27-25(33-26)20-14-21(31-2)16-22(15-20)32-3/h4-16,24H,17H2,1-3H3. The summed E-state index contributed by atoms with van der Waals surface area (Å²) >= 11 is 1.21. The van der Waals surface area contributed by atoms with Crippen LogP contribution in [0.1, 0.15) is 17.2 Å². The smallest absolute Gasteiger partial charge is 0.277 e. The van der Waals surface area contributed by atoms with E-state index in [2.05, 4.69) is 10.2 Å². The van der Waals surface area contributed by atoms with Crippen molar-refractivity contribution in [3.63, 3.8) is 0 Å². The van der Waals surface area contributed by atoms with E-state index in [0.29, 0.717) is 28.2 Å². The van der Waals surface area contributed by atoms with Gasteiger partial charge in [-0.2, -0.15) is 0 Å². The lowest BCUT2D eigenvalue weighted by Gasteiger charge is -2.29. The van der Waals surface area contributed by atoms with Crippen molar-refractivity contribution in [1.29, 1.82) is 0 Å². The van der Waals surface area contributed by atoms with Gasteiger partial charge in [0.1, 0.15) is 11.5 Å². The highest BCUT2D eigenvalue weighted by molar-refractivity contribution is 7.99. The molecule has 1 amide bonds. The quantitative estimate of drug-likeness (QED) is 0.312. The zero-order chi connectivity index (χ0) is 23.9. The van der Waals surface area contributed by atoms with Crippen molar-refractivity contribution in [3.05, 3.63) is 90.0 Å². The fourth-order valence-corrected chi connectivity index (χ4v) is 4.28. The Morgan fingerprint density at radius 3 is 2.00 bits per heavy atom. The topological polar surface area (TPSA) is 77.7 Å². The number of benzene rings is 3. The van der Waals surface area contributed by atoms with Gasteiger partial charge in [0.05, 0.1) is 26.0 Å². The van der Waals surface area contributed by atoms with Gasteiger partial charge < -0.3 is 18.8 Å². The molecule has 0 atom stereocenters. The van der Waals surface area contributed by atoms with Crippen LogP contribution in [0.15, 0.2) is 88.5 Å². The molecule has 1 heterocycles. The first kappa shape index (κ1) is 23.4. The molecule has 7 nitrogen and oxygen atoms in total. The zero-order valence-electron chi connectivity index (χ0n) is 19.2. The van der Waals surface area contributed by atoms with E-state index < -0.39 is 0 Å². The highest BCUT2D eigenvalue weighted by Crippen LogP contribution is 2.32. The van der Waals surface area contributed by atoms with Gasteiger partial charge >= 0.3 is 0 Å². The van der Waals surface area contributed by atoms with Gasteiger partial charge in [-0.25, -0.2) is 0 Å². The molecule has 0 saturated heterocycles. The van der Waals surface area contributed by atoms with Gasteiger partial charge in [0.25, 0.3) is 5.22 Å². The summed E-state index contributed by atoms with van der Waals surface area (Å²) < 4.78 is 16.4. The first-order valence-electron chi connectivity index (χ1n) is 10.6. The SMILES string of the molecule is COc1cc(OC)cc(-c2nnc(SCC(=O)N(C)C(c3ccccc3)c3ccccc3)o2)c1. The van der Waals surface area contributed by atoms with Crippen molar-refractivity contribution in [2.24, 2.45) is 0 Å². The Morgan fingerprint density at radius 1 is 0.912 bits per heavy atom. The Bertz CT molecular complexity index is 1170. The third kappa shape index (κ3) is 5.40. The van der Waals surface area contributed by atoms with Crippen LogP contribution in [0.5, 0.6) is 11.5 Å². The molecule has 0 unspecified atom stereocenters. The van der Waals surface area contributed by atoms with Crippen LogP contribution in [0, 0.1) is 0 Å². The predicted octanol–water partition coefficient (Wildman–Crippen LogP) is 5.09. The predicted molar refractivity (Wildman–Crippen MR) is 131 cm³/mol. The molecule has 0 N–H and O–H groups in total. The maximum absolute atomic E-state index is 13.1. The van der Waals surface area contributed by atoms with Gasteiger partial charge in [-0.05, 0) is 23.3 Å². The molecule has 0 bridgehead atoms. The molecule has 4 rings (SSSR count). The molecule has 0 fully saturated rings. The zero-order valence-corrected chi connectivity index (χ0v) is 20.0. The molecular weight excluding hydrogens is 450 g/mol. The summed E-state index contributed by atoms with van der Waals surface area (Å²) in [5.41, 5.74) is 2.76. The maximum atomic E-state index is 13.1. The molecule has 3 aromatic carbocycles. The fourth-order valence-electron chi connectivity index (χ4n) is 3.60. The van der Waals surface area contributed by atoms with E-state index in [1.807, 2.05) is 67.7 Å². The van der Waals surface area contributed by atoms with Crippen molar-refractivity contribution in [2.45, 2.75) is 11.3 Å². The normalized spacial score (nSPS) is 10.8. The third-order valence-corrected chi connectivity index (χ3v) is 6.14. The number of nitrogens with zero attached hydrogens (tertiary/aromatic N) is 3. The van der Waals surface area contributed by atoms with Crippen LogP contribution in [0.25, 0.3) is 11.5 Å². The summed E-state index contributed by atoms with van der Waals surface area (Å²) in [5, 5.41) is 8.52. The number of methoxy groups -OCH3 is 2. The number of rotatable bonds is 9. The van der Waals surface area contributed by atoms with E-state index in [0.717, 1.165) is 11.1 Å². The van der Waals surface area contributed by atoms with E-state index in [9.17, 15) is 4.79 Å². The average Bonchev–Trinajstić information content (AvgIpc) is 3.37. The molecule has 174 valence electrons. The van der Waals surface area contributed by atoms with Gasteiger partial charge in [-0.15, -0.1) is 10.2 Å². The van der Waals surface area contributed by atoms with E-state index in [1.54, 1.807) is 37.3 Å². The summed E-state index contributed by atoms with van der Waals surface area (Å²) in [6, 6.07) is 25.1. The number of thioether (sulfide) groups is 1. The fraction of sp³-hybridized carbons (Fsp3) is 0.192. The monoisotopic (exact) mass is 475 g/mol. The second-order valence-corrected chi connectivity index (χ2v) is 8.42. The van der Waals surface area contributed by atoms with Crippen LogP contribution in [0.2, 0.25) is 0 Å². The lowest BCUT2D eigenvalue weighted by atomic mass is 9.97. The third-order valence-electron chi connectivity index (χ3n) is 5.34.